The Morgan fingerprint density at radius 3 is 2.28 bits per heavy atom. The van der Waals surface area contributed by atoms with Crippen LogP contribution in [0.25, 0.3) is 0 Å². The van der Waals surface area contributed by atoms with Crippen LogP contribution in [0.5, 0.6) is 0 Å². The van der Waals surface area contributed by atoms with Gasteiger partial charge < -0.3 is 25.2 Å². The smallest absolute Gasteiger partial charge is 0.310 e. The van der Waals surface area contributed by atoms with Gasteiger partial charge in [0.2, 0.25) is 0 Å². The van der Waals surface area contributed by atoms with E-state index in [1.807, 2.05) is 20.8 Å². The number of carbonyl (C=O) groups excluding carboxylic acids is 1. The zero-order chi connectivity index (χ0) is 26.7. The molecule has 0 aliphatic heterocycles. The van der Waals surface area contributed by atoms with Crippen LogP contribution >= 0.6 is 0 Å². The topological polar surface area (TPSA) is 115 Å². The van der Waals surface area contributed by atoms with Crippen molar-refractivity contribution in [2.75, 3.05) is 0 Å². The van der Waals surface area contributed by atoms with E-state index in [1.165, 1.54) is 0 Å². The number of aliphatic hydroxyl groups is 3. The molecule has 12 atom stereocenters. The van der Waals surface area contributed by atoms with Crippen molar-refractivity contribution in [2.24, 2.45) is 50.7 Å². The zero-order valence-corrected chi connectivity index (χ0v) is 22.9. The van der Waals surface area contributed by atoms with Crippen molar-refractivity contribution in [3.8, 4) is 0 Å². The van der Waals surface area contributed by atoms with Crippen LogP contribution in [-0.4, -0.2) is 50.5 Å². The molecule has 4 N–H and O–H groups in total. The molecule has 0 aromatic carbocycles. The van der Waals surface area contributed by atoms with Gasteiger partial charge in [-0.2, -0.15) is 0 Å². The zero-order valence-electron chi connectivity index (χ0n) is 22.9. The summed E-state index contributed by atoms with van der Waals surface area (Å²) < 4.78 is 0. The van der Waals surface area contributed by atoms with E-state index in [1.54, 1.807) is 0 Å². The first-order chi connectivity index (χ1) is 16.6. The maximum Gasteiger partial charge on any atom is 0.310 e. The van der Waals surface area contributed by atoms with Gasteiger partial charge in [0, 0.05) is 5.92 Å². The van der Waals surface area contributed by atoms with E-state index in [9.17, 15) is 30.0 Å². The first-order valence-electron chi connectivity index (χ1n) is 14.0. The number of aldehydes is 1. The Labute approximate surface area is 215 Å². The molecular weight excluding hydrogens is 456 g/mol. The minimum Gasteiger partial charge on any atom is -0.481 e. The van der Waals surface area contributed by atoms with Crippen LogP contribution in [0.3, 0.4) is 0 Å². The highest BCUT2D eigenvalue weighted by Gasteiger charge is 2.72. The second-order valence-electron chi connectivity index (χ2n) is 14.6. The predicted molar refractivity (Wildman–Crippen MR) is 136 cm³/mol. The van der Waals surface area contributed by atoms with E-state index in [0.717, 1.165) is 37.5 Å². The van der Waals surface area contributed by atoms with Gasteiger partial charge in [0.1, 0.15) is 6.29 Å². The summed E-state index contributed by atoms with van der Waals surface area (Å²) in [6, 6.07) is 0. The van der Waals surface area contributed by atoms with Crippen LogP contribution in [0.2, 0.25) is 0 Å². The van der Waals surface area contributed by atoms with Crippen molar-refractivity contribution in [1.29, 1.82) is 0 Å². The van der Waals surface area contributed by atoms with Crippen molar-refractivity contribution in [1.82, 2.24) is 0 Å². The fraction of sp³-hybridized carbons (Fsp3) is 0.867. The Hall–Kier alpha value is -1.24. The lowest BCUT2D eigenvalue weighted by Crippen LogP contribution is -2.69. The van der Waals surface area contributed by atoms with Crippen molar-refractivity contribution >= 4 is 12.3 Å². The lowest BCUT2D eigenvalue weighted by molar-refractivity contribution is -0.234. The Kier molecular flexibility index (Phi) is 5.61. The van der Waals surface area contributed by atoms with Gasteiger partial charge in [-0.15, -0.1) is 0 Å². The molecule has 0 unspecified atom stereocenters. The standard InChI is InChI=1S/C30H46O6/c1-17-9-12-30(24(34)35)14-13-27(4)18(22(30)29(17,6)36)7-8-21-25(2)15-19(32)23(33)26(3,16-31)20(25)10-11-28(21,27)5/h7,16-17,19-23,32-33,36H,8-15H2,1-6H3,(H,34,35)/t17-,19-,20-,21-,22-,23+,25+,26-,27-,28-,29-,30+/m1/s1. The number of rotatable bonds is 2. The highest BCUT2D eigenvalue weighted by atomic mass is 16.4. The molecule has 0 saturated heterocycles. The molecule has 6 heteroatoms. The molecule has 5 aliphatic carbocycles. The fourth-order valence-corrected chi connectivity index (χ4v) is 10.9. The van der Waals surface area contributed by atoms with Gasteiger partial charge in [0.05, 0.1) is 28.6 Å². The van der Waals surface area contributed by atoms with Gasteiger partial charge in [-0.3, -0.25) is 4.79 Å². The maximum atomic E-state index is 12.8. The summed E-state index contributed by atoms with van der Waals surface area (Å²) in [5, 5.41) is 44.2. The molecule has 0 spiro atoms. The SMILES string of the molecule is C[C@@H]1CC[C@]2(C(=O)O)CC[C@]3(C)C(=CC[C@@H]4[C@@]5(C)C[C@@H](O)[C@H](O)[C@](C)(C=O)[C@@H]5CC[C@]43C)[C@@H]2[C@]1(C)O. The van der Waals surface area contributed by atoms with Gasteiger partial charge in [-0.05, 0) is 92.3 Å². The Morgan fingerprint density at radius 2 is 1.67 bits per heavy atom. The Bertz CT molecular complexity index is 1000. The highest BCUT2D eigenvalue weighted by Crippen LogP contribution is 2.76. The number of carboxylic acids is 1. The number of carboxylic acid groups (broad SMARTS) is 1. The molecule has 0 radical (unpaired) electrons. The maximum absolute atomic E-state index is 12.8. The second-order valence-corrected chi connectivity index (χ2v) is 14.6. The number of aliphatic hydroxyl groups excluding tert-OH is 2. The largest absolute Gasteiger partial charge is 0.481 e. The average Bonchev–Trinajstić information content (AvgIpc) is 2.80. The number of allylic oxidation sites excluding steroid dienone is 1. The predicted octanol–water partition coefficient (Wildman–Crippen LogP) is 4.35. The second kappa shape index (κ2) is 7.66. The normalized spacial score (nSPS) is 58.4. The van der Waals surface area contributed by atoms with Gasteiger partial charge in [-0.25, -0.2) is 0 Å². The van der Waals surface area contributed by atoms with E-state index in [2.05, 4.69) is 26.8 Å². The summed E-state index contributed by atoms with van der Waals surface area (Å²) in [6.45, 7) is 12.6. The summed E-state index contributed by atoms with van der Waals surface area (Å²) in [4.78, 5) is 25.2. The molecule has 4 fully saturated rings. The lowest BCUT2D eigenvalue weighted by Gasteiger charge is -2.71. The lowest BCUT2D eigenvalue weighted by atomic mass is 9.33. The molecule has 0 bridgehead atoms. The molecule has 4 saturated carbocycles. The first-order valence-corrected chi connectivity index (χ1v) is 14.0. The van der Waals surface area contributed by atoms with E-state index < -0.39 is 40.5 Å². The summed E-state index contributed by atoms with van der Waals surface area (Å²) in [5.74, 6) is -1.04. The minimum absolute atomic E-state index is 0.0142. The third-order valence-electron chi connectivity index (χ3n) is 13.4. The van der Waals surface area contributed by atoms with Crippen LogP contribution < -0.4 is 0 Å². The Morgan fingerprint density at radius 1 is 1.00 bits per heavy atom. The van der Waals surface area contributed by atoms with Crippen molar-refractivity contribution in [3.05, 3.63) is 11.6 Å². The molecule has 36 heavy (non-hydrogen) atoms. The Balaban J connectivity index is 1.65. The van der Waals surface area contributed by atoms with E-state index in [0.29, 0.717) is 25.7 Å². The van der Waals surface area contributed by atoms with E-state index in [4.69, 9.17) is 0 Å². The molecule has 6 nitrogen and oxygen atoms in total. The molecule has 0 aromatic rings. The third-order valence-corrected chi connectivity index (χ3v) is 13.4. The molecule has 5 aliphatic rings. The fourth-order valence-electron chi connectivity index (χ4n) is 10.9. The first kappa shape index (κ1) is 26.4. The van der Waals surface area contributed by atoms with E-state index in [-0.39, 0.29) is 34.0 Å². The molecule has 0 amide bonds. The number of carbonyl (C=O) groups is 2. The quantitative estimate of drug-likeness (QED) is 0.330. The summed E-state index contributed by atoms with van der Waals surface area (Å²) in [5.41, 5.74) is -2.70. The third kappa shape index (κ3) is 2.85. The van der Waals surface area contributed by atoms with Crippen LogP contribution in [0.4, 0.5) is 0 Å². The number of fused-ring (bicyclic) bond motifs is 7. The monoisotopic (exact) mass is 502 g/mol. The minimum atomic E-state index is -1.10. The molecule has 0 heterocycles. The van der Waals surface area contributed by atoms with Crippen molar-refractivity contribution in [2.45, 2.75) is 111 Å². The van der Waals surface area contributed by atoms with Crippen molar-refractivity contribution in [3.63, 3.8) is 0 Å². The van der Waals surface area contributed by atoms with Crippen LogP contribution in [0, 0.1) is 50.7 Å². The highest BCUT2D eigenvalue weighted by molar-refractivity contribution is 5.77. The average molecular weight is 503 g/mol. The molecule has 5 rings (SSSR count). The van der Waals surface area contributed by atoms with Crippen LogP contribution in [-0.2, 0) is 9.59 Å². The summed E-state index contributed by atoms with van der Waals surface area (Å²) >= 11 is 0. The molecule has 202 valence electrons. The van der Waals surface area contributed by atoms with Gasteiger partial charge in [0.25, 0.3) is 0 Å². The van der Waals surface area contributed by atoms with Crippen molar-refractivity contribution < 1.29 is 30.0 Å². The molecular formula is C30H46O6. The summed E-state index contributed by atoms with van der Waals surface area (Å²) in [7, 11) is 0. The van der Waals surface area contributed by atoms with Gasteiger partial charge in [0.15, 0.2) is 0 Å². The van der Waals surface area contributed by atoms with Crippen LogP contribution in [0.15, 0.2) is 11.6 Å². The summed E-state index contributed by atoms with van der Waals surface area (Å²) in [6.07, 6.45) is 6.60. The number of aliphatic carboxylic acids is 1. The van der Waals surface area contributed by atoms with Crippen LogP contribution in [0.1, 0.15) is 92.9 Å². The van der Waals surface area contributed by atoms with Gasteiger partial charge in [-0.1, -0.05) is 46.3 Å². The van der Waals surface area contributed by atoms with Gasteiger partial charge >= 0.3 is 5.97 Å². The number of hydrogen-bond donors (Lipinski definition) is 4. The number of hydrogen-bond acceptors (Lipinski definition) is 5. The van der Waals surface area contributed by atoms with E-state index >= 15 is 0 Å². The molecule has 0 aromatic heterocycles.